The van der Waals surface area contributed by atoms with Gasteiger partial charge in [0.25, 0.3) is 0 Å². The van der Waals surface area contributed by atoms with E-state index in [1.807, 2.05) is 18.2 Å². The summed E-state index contributed by atoms with van der Waals surface area (Å²) in [5, 5.41) is 16.5. The van der Waals surface area contributed by atoms with Crippen molar-refractivity contribution in [1.29, 1.82) is 0 Å². The number of β-amino-alcohol motifs (C(OH)–C–C–N with tert-alkyl or cyclic N) is 1. The highest BCUT2D eigenvalue weighted by atomic mass is 16.5. The molecule has 1 atom stereocenters. The smallest absolute Gasteiger partial charge is 0.0907 e. The topological polar surface area (TPSA) is 53.5 Å². The third kappa shape index (κ3) is 4.38. The first-order valence-corrected chi connectivity index (χ1v) is 6.54. The molecule has 1 fully saturated rings. The second-order valence-corrected chi connectivity index (χ2v) is 4.87. The summed E-state index contributed by atoms with van der Waals surface area (Å²) in [5.41, 5.74) is 0.621. The van der Waals surface area contributed by atoms with E-state index >= 15 is 0 Å². The van der Waals surface area contributed by atoms with Gasteiger partial charge in [-0.3, -0.25) is 0 Å². The zero-order valence-corrected chi connectivity index (χ0v) is 10.7. The van der Waals surface area contributed by atoms with Crippen LogP contribution < -0.4 is 10.6 Å². The second-order valence-electron chi connectivity index (χ2n) is 4.87. The molecule has 1 saturated heterocycles. The molecule has 0 radical (unpaired) electrons. The van der Waals surface area contributed by atoms with Crippen molar-refractivity contribution in [2.24, 2.45) is 0 Å². The molecule has 100 valence electrons. The highest BCUT2D eigenvalue weighted by Crippen LogP contribution is 2.12. The molecular weight excluding hydrogens is 228 g/mol. The fourth-order valence-electron chi connectivity index (χ4n) is 2.11. The summed E-state index contributed by atoms with van der Waals surface area (Å²) >= 11 is 0. The van der Waals surface area contributed by atoms with Gasteiger partial charge in [0.2, 0.25) is 0 Å². The lowest BCUT2D eigenvalue weighted by Gasteiger charge is -2.21. The number of aliphatic hydroxyl groups is 1. The quantitative estimate of drug-likeness (QED) is 0.618. The highest BCUT2D eigenvalue weighted by molar-refractivity contribution is 5.13. The van der Waals surface area contributed by atoms with Crippen LogP contribution in [-0.2, 0) is 11.3 Å². The first-order chi connectivity index (χ1) is 8.79. The van der Waals surface area contributed by atoms with Crippen molar-refractivity contribution in [3.63, 3.8) is 0 Å². The Kier molecular flexibility index (Phi) is 5.13. The van der Waals surface area contributed by atoms with E-state index in [2.05, 4.69) is 22.8 Å². The molecule has 4 nitrogen and oxygen atoms in total. The minimum atomic E-state index is -0.570. The summed E-state index contributed by atoms with van der Waals surface area (Å²) in [6.07, 6.45) is 0.824. The predicted octanol–water partition coefficient (Wildman–Crippen LogP) is 0.517. The van der Waals surface area contributed by atoms with Crippen LogP contribution in [0.5, 0.6) is 0 Å². The lowest BCUT2D eigenvalue weighted by atomic mass is 10.0. The van der Waals surface area contributed by atoms with E-state index in [9.17, 15) is 5.11 Å². The van der Waals surface area contributed by atoms with Crippen molar-refractivity contribution < 1.29 is 9.84 Å². The molecule has 0 bridgehead atoms. The lowest BCUT2D eigenvalue weighted by molar-refractivity contribution is 0.0565. The van der Waals surface area contributed by atoms with Gasteiger partial charge in [0, 0.05) is 19.6 Å². The summed E-state index contributed by atoms with van der Waals surface area (Å²) in [4.78, 5) is 0. The van der Waals surface area contributed by atoms with Crippen LogP contribution in [0.2, 0.25) is 0 Å². The van der Waals surface area contributed by atoms with E-state index in [4.69, 9.17) is 4.74 Å². The van der Waals surface area contributed by atoms with Crippen LogP contribution in [-0.4, -0.2) is 43.5 Å². The van der Waals surface area contributed by atoms with Gasteiger partial charge in [0.15, 0.2) is 0 Å². The normalized spacial score (nSPS) is 23.4. The highest BCUT2D eigenvalue weighted by Gasteiger charge is 2.29. The predicted molar refractivity (Wildman–Crippen MR) is 71.4 cm³/mol. The van der Waals surface area contributed by atoms with E-state index in [-0.39, 0.29) is 0 Å². The Morgan fingerprint density at radius 2 is 2.17 bits per heavy atom. The largest absolute Gasteiger partial charge is 0.387 e. The Morgan fingerprint density at radius 1 is 1.33 bits per heavy atom. The fourth-order valence-corrected chi connectivity index (χ4v) is 2.11. The first-order valence-electron chi connectivity index (χ1n) is 6.54. The molecule has 1 aliphatic rings. The van der Waals surface area contributed by atoms with Gasteiger partial charge in [-0.25, -0.2) is 0 Å². The number of ether oxygens (including phenoxy) is 1. The number of nitrogens with one attached hydrogen (secondary N) is 2. The zero-order valence-electron chi connectivity index (χ0n) is 10.7. The Hall–Kier alpha value is -0.940. The van der Waals surface area contributed by atoms with Crippen molar-refractivity contribution in [1.82, 2.24) is 10.6 Å². The molecule has 0 unspecified atom stereocenters. The molecular formula is C14H22N2O2. The van der Waals surface area contributed by atoms with Gasteiger partial charge in [-0.2, -0.15) is 0 Å². The van der Waals surface area contributed by atoms with Crippen molar-refractivity contribution in [3.8, 4) is 0 Å². The van der Waals surface area contributed by atoms with Gasteiger partial charge in [0.05, 0.1) is 18.8 Å². The van der Waals surface area contributed by atoms with Gasteiger partial charge in [0.1, 0.15) is 0 Å². The SMILES string of the molecule is O[C@@]1(CNCCOCc2ccccc2)CCNC1. The van der Waals surface area contributed by atoms with E-state index in [1.165, 1.54) is 5.56 Å². The maximum Gasteiger partial charge on any atom is 0.0907 e. The lowest BCUT2D eigenvalue weighted by Crippen LogP contribution is -2.43. The molecule has 0 aromatic heterocycles. The van der Waals surface area contributed by atoms with Crippen molar-refractivity contribution >= 4 is 0 Å². The van der Waals surface area contributed by atoms with Gasteiger partial charge < -0.3 is 20.5 Å². The van der Waals surface area contributed by atoms with Crippen LogP contribution in [0.1, 0.15) is 12.0 Å². The van der Waals surface area contributed by atoms with E-state index < -0.39 is 5.60 Å². The van der Waals surface area contributed by atoms with Crippen LogP contribution in [0.3, 0.4) is 0 Å². The van der Waals surface area contributed by atoms with Gasteiger partial charge >= 0.3 is 0 Å². The average molecular weight is 250 g/mol. The molecule has 4 heteroatoms. The second kappa shape index (κ2) is 6.85. The van der Waals surface area contributed by atoms with E-state index in [0.29, 0.717) is 26.3 Å². The zero-order chi connectivity index (χ0) is 12.7. The summed E-state index contributed by atoms with van der Waals surface area (Å²) in [7, 11) is 0. The molecule has 0 spiro atoms. The van der Waals surface area contributed by atoms with E-state index in [0.717, 1.165) is 19.5 Å². The monoisotopic (exact) mass is 250 g/mol. The minimum absolute atomic E-state index is 0.570. The summed E-state index contributed by atoms with van der Waals surface area (Å²) < 4.78 is 5.56. The van der Waals surface area contributed by atoms with E-state index in [1.54, 1.807) is 0 Å². The molecule has 0 aliphatic carbocycles. The summed E-state index contributed by atoms with van der Waals surface area (Å²) in [5.74, 6) is 0. The maximum absolute atomic E-state index is 10.1. The minimum Gasteiger partial charge on any atom is -0.387 e. The molecule has 1 aliphatic heterocycles. The molecule has 0 amide bonds. The van der Waals surface area contributed by atoms with Gasteiger partial charge in [-0.05, 0) is 18.5 Å². The molecule has 1 heterocycles. The number of benzene rings is 1. The Morgan fingerprint density at radius 3 is 2.89 bits per heavy atom. The van der Waals surface area contributed by atoms with Crippen molar-refractivity contribution in [3.05, 3.63) is 35.9 Å². The number of rotatable bonds is 7. The van der Waals surface area contributed by atoms with Gasteiger partial charge in [-0.1, -0.05) is 30.3 Å². The van der Waals surface area contributed by atoms with Crippen molar-refractivity contribution in [2.75, 3.05) is 32.8 Å². The third-order valence-electron chi connectivity index (χ3n) is 3.21. The molecule has 18 heavy (non-hydrogen) atoms. The van der Waals surface area contributed by atoms with Crippen molar-refractivity contribution in [2.45, 2.75) is 18.6 Å². The first kappa shape index (κ1) is 13.5. The fraction of sp³-hybridized carbons (Fsp3) is 0.571. The average Bonchev–Trinajstić information content (AvgIpc) is 2.82. The number of hydrogen-bond acceptors (Lipinski definition) is 4. The van der Waals surface area contributed by atoms with Gasteiger partial charge in [-0.15, -0.1) is 0 Å². The summed E-state index contributed by atoms with van der Waals surface area (Å²) in [6, 6.07) is 10.1. The molecule has 1 aromatic rings. The third-order valence-corrected chi connectivity index (χ3v) is 3.21. The standard InChI is InChI=1S/C14H22N2O2/c17-14(6-7-15-11-14)12-16-8-9-18-10-13-4-2-1-3-5-13/h1-5,15-17H,6-12H2/t14-/m0/s1. The molecule has 1 aromatic carbocycles. The number of hydrogen-bond donors (Lipinski definition) is 3. The summed E-state index contributed by atoms with van der Waals surface area (Å²) in [6.45, 7) is 4.31. The Bertz CT molecular complexity index is 337. The molecule has 0 saturated carbocycles. The Balaban J connectivity index is 1.51. The van der Waals surface area contributed by atoms with Crippen LogP contribution >= 0.6 is 0 Å². The van der Waals surface area contributed by atoms with Crippen LogP contribution in [0.25, 0.3) is 0 Å². The molecule has 2 rings (SSSR count). The maximum atomic E-state index is 10.1. The van der Waals surface area contributed by atoms with Crippen LogP contribution in [0.4, 0.5) is 0 Å². The van der Waals surface area contributed by atoms with Crippen LogP contribution in [0, 0.1) is 0 Å². The van der Waals surface area contributed by atoms with Crippen LogP contribution in [0.15, 0.2) is 30.3 Å². The molecule has 3 N–H and O–H groups in total. The Labute approximate surface area is 108 Å².